The van der Waals surface area contributed by atoms with Gasteiger partial charge in [0.15, 0.2) is 23.0 Å². The van der Waals surface area contributed by atoms with E-state index in [9.17, 15) is 0 Å². The van der Waals surface area contributed by atoms with E-state index in [-0.39, 0.29) is 79.3 Å². The fourth-order valence-electron chi connectivity index (χ4n) is 10.7. The van der Waals surface area contributed by atoms with E-state index < -0.39 is 0 Å². The Labute approximate surface area is 658 Å². The number of aromatic amines is 2. The van der Waals surface area contributed by atoms with Crippen LogP contribution in [0.15, 0.2) is 77.4 Å². The van der Waals surface area contributed by atoms with Crippen LogP contribution in [0.25, 0.3) is 68.6 Å². The minimum absolute atomic E-state index is 0.138. The van der Waals surface area contributed by atoms with Crippen molar-refractivity contribution in [3.63, 3.8) is 0 Å². The van der Waals surface area contributed by atoms with Crippen LogP contribution in [0.3, 0.4) is 0 Å². The Hall–Kier alpha value is -7.69. The van der Waals surface area contributed by atoms with Crippen LogP contribution in [-0.2, 0) is 85.3 Å². The average Bonchev–Trinajstić information content (AvgIpc) is 1.66. The zero-order valence-electron chi connectivity index (χ0n) is 64.7. The third-order valence-electron chi connectivity index (χ3n) is 16.0. The topological polar surface area (TPSA) is 292 Å². The first-order chi connectivity index (χ1) is 54.9. The van der Waals surface area contributed by atoms with Gasteiger partial charge in [-0.15, -0.1) is 0 Å². The molecule has 2 aromatic carbocycles. The molecule has 0 fully saturated rings. The number of H-pyrrole nitrogens is 2. The summed E-state index contributed by atoms with van der Waals surface area (Å²) in [5.41, 5.74) is 8.82. The summed E-state index contributed by atoms with van der Waals surface area (Å²) in [4.78, 5) is 23.0. The normalized spacial score (nSPS) is 11.7. The largest absolute Gasteiger partial charge is 0.487 e. The van der Waals surface area contributed by atoms with Gasteiger partial charge in [0.2, 0.25) is 11.5 Å². The fraction of sp³-hybridized carbons (Fsp3) is 0.519. The van der Waals surface area contributed by atoms with Gasteiger partial charge in [-0.25, -0.2) is 15.0 Å². The van der Waals surface area contributed by atoms with E-state index in [0.29, 0.717) is 276 Å². The van der Waals surface area contributed by atoms with E-state index in [2.05, 4.69) is 42.7 Å². The number of halogens is 1. The molecule has 111 heavy (non-hydrogen) atoms. The van der Waals surface area contributed by atoms with Gasteiger partial charge in [0, 0.05) is 71.0 Å². The van der Waals surface area contributed by atoms with Crippen molar-refractivity contribution in [2.45, 2.75) is 0 Å². The number of hydrogen-bond acceptors (Lipinski definition) is 27. The number of aromatic nitrogens is 5. The molecule has 2 aliphatic rings. The third kappa shape index (κ3) is 32.0. The highest BCUT2D eigenvalue weighted by atomic mass is 79.9. The Morgan fingerprint density at radius 2 is 0.586 bits per heavy atom. The Balaban J connectivity index is 1.28. The summed E-state index contributed by atoms with van der Waals surface area (Å²) in [6.07, 6.45) is 9.54. The molecule has 0 amide bonds. The Bertz CT molecular complexity index is 3710. The number of methoxy groups -OCH3 is 6. The lowest BCUT2D eigenvalue weighted by Crippen LogP contribution is -2.15. The van der Waals surface area contributed by atoms with Crippen LogP contribution in [0.2, 0.25) is 0 Å². The highest BCUT2D eigenvalue weighted by molar-refractivity contribution is 9.10. The minimum atomic E-state index is 0.138. The SMILES string of the molecule is COCCOCCOCCOc1cc(-c2c3nc(c(C#Cc4ccccn4)c4ccc([nH]4)c(-c4cc(OCCOCCOCCOC)c(OCCOCCOCCOC)c(OCCOCCOCCOC)c4)c4nc(c(Br)c5ccc2[nH]5)C=C4)C=C3)cc(OCCOCCOCCOC)c1OCCOCCOCCOC. The predicted molar refractivity (Wildman–Crippen MR) is 422 cm³/mol. The van der Waals surface area contributed by atoms with Crippen LogP contribution in [0.1, 0.15) is 34.0 Å². The van der Waals surface area contributed by atoms with Gasteiger partial charge in [-0.1, -0.05) is 12.0 Å². The summed E-state index contributed by atoms with van der Waals surface area (Å²) in [6, 6.07) is 21.2. The van der Waals surface area contributed by atoms with Gasteiger partial charge in [-0.05, 0) is 118 Å². The molecule has 0 aliphatic carbocycles. The lowest BCUT2D eigenvalue weighted by Gasteiger charge is -2.19. The summed E-state index contributed by atoms with van der Waals surface area (Å²) < 4.78 is 141. The number of pyridine rings is 1. The molecule has 0 saturated carbocycles. The van der Waals surface area contributed by atoms with E-state index in [1.807, 2.05) is 91.0 Å². The Morgan fingerprint density at radius 1 is 0.297 bits per heavy atom. The van der Waals surface area contributed by atoms with Crippen LogP contribution in [0, 0.1) is 11.8 Å². The van der Waals surface area contributed by atoms with E-state index in [1.54, 1.807) is 48.9 Å². The summed E-state index contributed by atoms with van der Waals surface area (Å²) in [5, 5.41) is 0. The van der Waals surface area contributed by atoms with Gasteiger partial charge in [0.05, 0.1) is 242 Å². The lowest BCUT2D eigenvalue weighted by molar-refractivity contribution is 0.0146. The highest BCUT2D eigenvalue weighted by Crippen LogP contribution is 2.46. The molecule has 608 valence electrons. The second-order valence-corrected chi connectivity index (χ2v) is 24.7. The summed E-state index contributed by atoms with van der Waals surface area (Å²) >= 11 is 4.01. The predicted octanol–water partition coefficient (Wildman–Crippen LogP) is 9.90. The van der Waals surface area contributed by atoms with Gasteiger partial charge in [0.1, 0.15) is 45.3 Å². The molecule has 6 heterocycles. The molecule has 0 atom stereocenters. The van der Waals surface area contributed by atoms with Crippen LogP contribution >= 0.6 is 15.9 Å². The molecule has 4 aromatic heterocycles. The molecule has 8 rings (SSSR count). The number of hydrogen-bond donors (Lipinski definition) is 2. The minimum Gasteiger partial charge on any atom is -0.487 e. The van der Waals surface area contributed by atoms with E-state index in [0.717, 1.165) is 0 Å². The van der Waals surface area contributed by atoms with Crippen molar-refractivity contribution in [2.24, 2.45) is 0 Å². The van der Waals surface area contributed by atoms with E-state index >= 15 is 0 Å². The maximum absolute atomic E-state index is 6.69. The zero-order chi connectivity index (χ0) is 77.8. The fourth-order valence-corrected chi connectivity index (χ4v) is 11.1. The molecule has 0 unspecified atom stereocenters. The number of nitrogens with one attached hydrogen (secondary N) is 2. The van der Waals surface area contributed by atoms with Crippen LogP contribution in [0.5, 0.6) is 34.5 Å². The van der Waals surface area contributed by atoms with Gasteiger partial charge in [-0.3, -0.25) is 0 Å². The monoisotopic (exact) mass is 1610 g/mol. The van der Waals surface area contributed by atoms with Gasteiger partial charge in [-0.2, -0.15) is 0 Å². The van der Waals surface area contributed by atoms with Crippen LogP contribution < -0.4 is 28.4 Å². The van der Waals surface area contributed by atoms with Crippen molar-refractivity contribution >= 4 is 62.3 Å². The second-order valence-electron chi connectivity index (χ2n) is 23.9. The van der Waals surface area contributed by atoms with Crippen molar-refractivity contribution in [3.8, 4) is 68.6 Å². The summed E-state index contributed by atoms with van der Waals surface area (Å²) in [5.74, 6) is 8.96. The third-order valence-corrected chi connectivity index (χ3v) is 16.8. The molecule has 0 radical (unpaired) electrons. The maximum Gasteiger partial charge on any atom is 0.203 e. The standard InChI is InChI=1S/C81H108BrN5O24/c1-88-21-27-94-33-39-100-45-51-106-73-57-61(58-74(107-52-46-101-40-34-95-28-22-89-2)80(73)110-55-49-104-43-37-98-31-25-92-5)77-67-14-12-65(84-67)64(11-10-63-9-7-8-20-83-63)66-13-15-68(85-66)78(70-17-19-72(87-70)79(82)71-18-16-69(77)86-71)62-59-75(108-53-47-102-41-35-96-29-23-90-3)81(111-56-50-105-44-38-99-32-26-93-6)76(60-62)109-54-48-103-42-36-97-30-24-91-4/h7-9,12-20,57-60,84,87H,21-56H2,1-6H3. The molecular formula is C81H108BrN5O24. The molecule has 2 N–H and O–H groups in total. The lowest BCUT2D eigenvalue weighted by atomic mass is 10.0. The first kappa shape index (κ1) is 88.9. The molecule has 0 saturated heterocycles. The van der Waals surface area contributed by atoms with Crippen molar-refractivity contribution in [3.05, 3.63) is 111 Å². The number of ether oxygens (including phenoxy) is 24. The van der Waals surface area contributed by atoms with Crippen molar-refractivity contribution < 1.29 is 114 Å². The second kappa shape index (κ2) is 54.9. The van der Waals surface area contributed by atoms with Crippen molar-refractivity contribution in [1.82, 2.24) is 24.9 Å². The Morgan fingerprint density at radius 3 is 0.928 bits per heavy atom. The van der Waals surface area contributed by atoms with E-state index in [1.165, 1.54) is 0 Å². The van der Waals surface area contributed by atoms with Gasteiger partial charge < -0.3 is 124 Å². The van der Waals surface area contributed by atoms with Crippen molar-refractivity contribution in [1.29, 1.82) is 0 Å². The molecule has 0 spiro atoms. The Kier molecular flexibility index (Phi) is 43.9. The number of benzene rings is 2. The van der Waals surface area contributed by atoms with Gasteiger partial charge >= 0.3 is 0 Å². The highest BCUT2D eigenvalue weighted by Gasteiger charge is 2.25. The van der Waals surface area contributed by atoms with Gasteiger partial charge in [0.25, 0.3) is 0 Å². The number of rotatable bonds is 62. The molecule has 6 aromatic rings. The zero-order valence-corrected chi connectivity index (χ0v) is 66.3. The molecular weight excluding hydrogens is 1510 g/mol. The first-order valence-corrected chi connectivity index (χ1v) is 37.9. The average molecular weight is 1620 g/mol. The number of nitrogens with zero attached hydrogens (tertiary/aromatic N) is 3. The molecule has 8 bridgehead atoms. The van der Waals surface area contributed by atoms with Crippen LogP contribution in [0.4, 0.5) is 0 Å². The molecule has 2 aliphatic heterocycles. The quantitative estimate of drug-likeness (QED) is 0.0265. The maximum atomic E-state index is 6.69. The van der Waals surface area contributed by atoms with Crippen LogP contribution in [-0.4, -0.2) is 305 Å². The molecule has 29 nitrogen and oxygen atoms in total. The smallest absolute Gasteiger partial charge is 0.203 e. The van der Waals surface area contributed by atoms with E-state index in [4.69, 9.17) is 124 Å². The summed E-state index contributed by atoms with van der Waals surface area (Å²) in [6.45, 7) is 12.1. The number of fused-ring (bicyclic) bond motifs is 8. The van der Waals surface area contributed by atoms with Crippen molar-refractivity contribution in [2.75, 3.05) is 281 Å². The summed E-state index contributed by atoms with van der Waals surface area (Å²) in [7, 11) is 9.78. The first-order valence-electron chi connectivity index (χ1n) is 37.1. The molecule has 30 heteroatoms.